The molecule has 0 bridgehead atoms. The first-order valence-electron chi connectivity index (χ1n) is 7.48. The molecule has 0 amide bonds. The molecule has 1 aromatic heterocycles. The van der Waals surface area contributed by atoms with Gasteiger partial charge in [0.2, 0.25) is 0 Å². The number of ether oxygens (including phenoxy) is 1. The zero-order valence-electron chi connectivity index (χ0n) is 12.5. The zero-order chi connectivity index (χ0) is 13.7. The summed E-state index contributed by atoms with van der Waals surface area (Å²) in [5.74, 6) is 0.798. The number of nitrogens with one attached hydrogen (secondary N) is 1. The van der Waals surface area contributed by atoms with E-state index in [4.69, 9.17) is 4.74 Å². The first-order chi connectivity index (χ1) is 9.15. The topological polar surface area (TPSA) is 41.2 Å². The van der Waals surface area contributed by atoms with Crippen LogP contribution in [0, 0.1) is 12.8 Å². The Balaban J connectivity index is 1.75. The van der Waals surface area contributed by atoms with Crippen LogP contribution in [-0.2, 0) is 11.3 Å². The van der Waals surface area contributed by atoms with Gasteiger partial charge in [0, 0.05) is 25.3 Å². The average Bonchev–Trinajstić information content (AvgIpc) is 2.75. The van der Waals surface area contributed by atoms with Crippen LogP contribution in [0.5, 0.6) is 0 Å². The second kappa shape index (κ2) is 7.06. The number of nitrogens with zero attached hydrogens (tertiary/aromatic N) is 2. The molecule has 4 nitrogen and oxygen atoms in total. The van der Waals surface area contributed by atoms with Gasteiger partial charge >= 0.3 is 0 Å². The van der Waals surface area contributed by atoms with Crippen molar-refractivity contribution in [2.45, 2.75) is 52.7 Å². The Morgan fingerprint density at radius 3 is 3.05 bits per heavy atom. The Bertz CT molecular complexity index is 375. The largest absolute Gasteiger partial charge is 0.376 e. The van der Waals surface area contributed by atoms with Crippen LogP contribution in [0.25, 0.3) is 0 Å². The predicted octanol–water partition coefficient (Wildman–Crippen LogP) is 2.75. The van der Waals surface area contributed by atoms with Gasteiger partial charge in [-0.1, -0.05) is 26.7 Å². The van der Waals surface area contributed by atoms with Crippen molar-refractivity contribution in [3.05, 3.63) is 17.7 Å². The van der Waals surface area contributed by atoms with E-state index in [0.717, 1.165) is 32.2 Å². The van der Waals surface area contributed by atoms with E-state index in [1.165, 1.54) is 30.7 Å². The maximum absolute atomic E-state index is 5.87. The minimum absolute atomic E-state index is 0.409. The molecule has 0 radical (unpaired) electrons. The van der Waals surface area contributed by atoms with Gasteiger partial charge < -0.3 is 9.72 Å². The molecule has 0 saturated carbocycles. The van der Waals surface area contributed by atoms with Crippen LogP contribution in [0.4, 0.5) is 0 Å². The third kappa shape index (κ3) is 4.62. The Labute approximate surface area is 116 Å². The van der Waals surface area contributed by atoms with Crippen LogP contribution in [0.1, 0.15) is 44.5 Å². The Morgan fingerprint density at radius 2 is 2.37 bits per heavy atom. The minimum Gasteiger partial charge on any atom is -0.376 e. The number of hydrogen-bond donors (Lipinski definition) is 1. The van der Waals surface area contributed by atoms with Gasteiger partial charge in [-0.15, -0.1) is 0 Å². The van der Waals surface area contributed by atoms with Crippen molar-refractivity contribution < 1.29 is 4.74 Å². The summed E-state index contributed by atoms with van der Waals surface area (Å²) < 4.78 is 5.87. The van der Waals surface area contributed by atoms with Crippen molar-refractivity contribution >= 4 is 0 Å². The smallest absolute Gasteiger partial charge is 0.0925 e. The van der Waals surface area contributed by atoms with Crippen molar-refractivity contribution in [2.75, 3.05) is 19.7 Å². The van der Waals surface area contributed by atoms with Gasteiger partial charge in [0.1, 0.15) is 0 Å². The SMILES string of the molecule is Cc1[nH]cnc1CN1CCO[C@@H](CCCC(C)C)C1. The van der Waals surface area contributed by atoms with E-state index in [2.05, 4.69) is 35.6 Å². The molecule has 0 aromatic carbocycles. The van der Waals surface area contributed by atoms with Crippen molar-refractivity contribution in [3.8, 4) is 0 Å². The van der Waals surface area contributed by atoms with E-state index < -0.39 is 0 Å². The summed E-state index contributed by atoms with van der Waals surface area (Å²) in [7, 11) is 0. The monoisotopic (exact) mass is 265 g/mol. The summed E-state index contributed by atoms with van der Waals surface area (Å²) in [5, 5.41) is 0. The molecule has 0 aliphatic carbocycles. The normalized spacial score (nSPS) is 21.2. The second-order valence-corrected chi connectivity index (χ2v) is 6.03. The first kappa shape index (κ1) is 14.5. The number of imidazole rings is 1. The Hall–Kier alpha value is -0.870. The zero-order valence-corrected chi connectivity index (χ0v) is 12.5. The van der Waals surface area contributed by atoms with Crippen molar-refractivity contribution in [1.29, 1.82) is 0 Å². The lowest BCUT2D eigenvalue weighted by Gasteiger charge is -2.32. The lowest BCUT2D eigenvalue weighted by molar-refractivity contribution is -0.0364. The van der Waals surface area contributed by atoms with Gasteiger partial charge in [0.05, 0.1) is 24.7 Å². The lowest BCUT2D eigenvalue weighted by Crippen LogP contribution is -2.42. The maximum atomic E-state index is 5.87. The lowest BCUT2D eigenvalue weighted by atomic mass is 10.0. The van der Waals surface area contributed by atoms with Crippen LogP contribution in [0.2, 0.25) is 0 Å². The van der Waals surface area contributed by atoms with Gasteiger partial charge in [-0.3, -0.25) is 4.90 Å². The molecule has 19 heavy (non-hydrogen) atoms. The summed E-state index contributed by atoms with van der Waals surface area (Å²) in [6.45, 7) is 10.5. The summed E-state index contributed by atoms with van der Waals surface area (Å²) in [6, 6.07) is 0. The summed E-state index contributed by atoms with van der Waals surface area (Å²) in [6.07, 6.45) is 5.96. The predicted molar refractivity (Wildman–Crippen MR) is 77.0 cm³/mol. The average molecular weight is 265 g/mol. The first-order valence-corrected chi connectivity index (χ1v) is 7.48. The second-order valence-electron chi connectivity index (χ2n) is 6.03. The van der Waals surface area contributed by atoms with E-state index >= 15 is 0 Å². The summed E-state index contributed by atoms with van der Waals surface area (Å²) in [5.41, 5.74) is 2.35. The number of hydrogen-bond acceptors (Lipinski definition) is 3. The molecule has 2 heterocycles. The van der Waals surface area contributed by atoms with Gasteiger partial charge in [0.15, 0.2) is 0 Å². The Kier molecular flexibility index (Phi) is 5.40. The van der Waals surface area contributed by atoms with E-state index in [-0.39, 0.29) is 0 Å². The van der Waals surface area contributed by atoms with Gasteiger partial charge in [0.25, 0.3) is 0 Å². The summed E-state index contributed by atoms with van der Waals surface area (Å²) in [4.78, 5) is 9.99. The van der Waals surface area contributed by atoms with Crippen LogP contribution in [0.3, 0.4) is 0 Å². The van der Waals surface area contributed by atoms with Crippen LogP contribution < -0.4 is 0 Å². The molecule has 1 aliphatic rings. The fourth-order valence-corrected chi connectivity index (χ4v) is 2.61. The highest BCUT2D eigenvalue weighted by Crippen LogP contribution is 2.16. The molecule has 2 rings (SSSR count). The van der Waals surface area contributed by atoms with Crippen molar-refractivity contribution in [2.24, 2.45) is 5.92 Å². The quantitative estimate of drug-likeness (QED) is 0.860. The molecule has 1 aliphatic heterocycles. The van der Waals surface area contributed by atoms with E-state index in [0.29, 0.717) is 6.10 Å². The van der Waals surface area contributed by atoms with Crippen LogP contribution in [-0.4, -0.2) is 40.7 Å². The van der Waals surface area contributed by atoms with E-state index in [1.807, 2.05) is 0 Å². The molecule has 0 spiro atoms. The molecule has 1 aromatic rings. The minimum atomic E-state index is 0.409. The third-order valence-electron chi connectivity index (χ3n) is 3.84. The fraction of sp³-hybridized carbons (Fsp3) is 0.800. The molecular formula is C15H27N3O. The number of H-pyrrole nitrogens is 1. The van der Waals surface area contributed by atoms with Gasteiger partial charge in [-0.05, 0) is 19.3 Å². The molecule has 1 N–H and O–H groups in total. The molecule has 4 heteroatoms. The molecular weight excluding hydrogens is 238 g/mol. The fourth-order valence-electron chi connectivity index (χ4n) is 2.61. The highest BCUT2D eigenvalue weighted by molar-refractivity contribution is 5.08. The number of aromatic amines is 1. The van der Waals surface area contributed by atoms with Crippen molar-refractivity contribution in [3.63, 3.8) is 0 Å². The third-order valence-corrected chi connectivity index (χ3v) is 3.84. The van der Waals surface area contributed by atoms with Crippen LogP contribution in [0.15, 0.2) is 6.33 Å². The maximum Gasteiger partial charge on any atom is 0.0925 e. The molecule has 1 fully saturated rings. The number of aromatic nitrogens is 2. The van der Waals surface area contributed by atoms with E-state index in [1.54, 1.807) is 6.33 Å². The highest BCUT2D eigenvalue weighted by atomic mass is 16.5. The number of aryl methyl sites for hydroxylation is 1. The van der Waals surface area contributed by atoms with Gasteiger partial charge in [-0.25, -0.2) is 4.98 Å². The standard InChI is InChI=1S/C15H27N3O/c1-12(2)5-4-6-14-9-18(7-8-19-14)10-15-13(3)16-11-17-15/h11-12,14H,4-10H2,1-3H3,(H,16,17)/t14-/m0/s1. The van der Waals surface area contributed by atoms with Crippen molar-refractivity contribution in [1.82, 2.24) is 14.9 Å². The Morgan fingerprint density at radius 1 is 1.53 bits per heavy atom. The molecule has 0 unspecified atom stereocenters. The number of rotatable bonds is 6. The van der Waals surface area contributed by atoms with Crippen LogP contribution >= 0.6 is 0 Å². The molecule has 1 saturated heterocycles. The molecule has 1 atom stereocenters. The molecule has 108 valence electrons. The van der Waals surface area contributed by atoms with E-state index in [9.17, 15) is 0 Å². The highest BCUT2D eigenvalue weighted by Gasteiger charge is 2.21. The number of morpholine rings is 1. The van der Waals surface area contributed by atoms with Gasteiger partial charge in [-0.2, -0.15) is 0 Å². The summed E-state index contributed by atoms with van der Waals surface area (Å²) >= 11 is 0.